The minimum atomic E-state index is 0.248. The largest absolute Gasteiger partial charge is 0.454 e. The average Bonchev–Trinajstić information content (AvgIpc) is 3.42. The van der Waals surface area contributed by atoms with Crippen LogP contribution in [0.4, 0.5) is 0 Å². The summed E-state index contributed by atoms with van der Waals surface area (Å²) in [4.78, 5) is 18.2. The van der Waals surface area contributed by atoms with E-state index in [9.17, 15) is 4.79 Å². The Labute approximate surface area is 177 Å². The van der Waals surface area contributed by atoms with Crippen molar-refractivity contribution >= 4 is 0 Å². The molecule has 0 amide bonds. The van der Waals surface area contributed by atoms with Crippen LogP contribution < -0.4 is 15.0 Å². The second-order valence-electron chi connectivity index (χ2n) is 9.36. The molecule has 2 saturated heterocycles. The molecule has 0 N–H and O–H groups in total. The van der Waals surface area contributed by atoms with Crippen LogP contribution in [0.2, 0.25) is 0 Å². The van der Waals surface area contributed by atoms with Crippen molar-refractivity contribution in [3.63, 3.8) is 0 Å². The lowest BCUT2D eigenvalue weighted by atomic mass is 9.82. The molecule has 0 radical (unpaired) electrons. The first-order valence-electron chi connectivity index (χ1n) is 11.3. The van der Waals surface area contributed by atoms with Gasteiger partial charge in [-0.05, 0) is 62.0 Å². The summed E-state index contributed by atoms with van der Waals surface area (Å²) in [6.45, 7) is 7.21. The summed E-state index contributed by atoms with van der Waals surface area (Å²) in [6.07, 6.45) is 3.72. The normalized spacial score (nSPS) is 25.5. The second-order valence-corrected chi connectivity index (χ2v) is 9.36. The minimum absolute atomic E-state index is 0.248. The van der Waals surface area contributed by atoms with Crippen molar-refractivity contribution in [2.75, 3.05) is 33.0 Å². The topological polar surface area (TPSA) is 46.9 Å². The number of likely N-dealkylation sites (tertiary alicyclic amines) is 2. The number of nitrogens with zero attached hydrogens (tertiary/aromatic N) is 3. The van der Waals surface area contributed by atoms with Gasteiger partial charge in [-0.25, -0.2) is 0 Å². The predicted octanol–water partition coefficient (Wildman–Crippen LogP) is 2.79. The van der Waals surface area contributed by atoms with Crippen molar-refractivity contribution in [2.24, 2.45) is 5.92 Å². The van der Waals surface area contributed by atoms with Crippen LogP contribution in [0, 0.1) is 5.92 Å². The number of piperidine rings is 1. The first-order valence-corrected chi connectivity index (χ1v) is 11.3. The molecule has 1 aromatic heterocycles. The van der Waals surface area contributed by atoms with Crippen LogP contribution in [0.25, 0.3) is 0 Å². The molecule has 2 bridgehead atoms. The molecule has 1 aromatic carbocycles. The summed E-state index contributed by atoms with van der Waals surface area (Å²) in [6, 6.07) is 10.6. The van der Waals surface area contributed by atoms with Gasteiger partial charge in [0, 0.05) is 49.9 Å². The molecule has 4 aliphatic heterocycles. The molecule has 30 heavy (non-hydrogen) atoms. The third kappa shape index (κ3) is 3.32. The SMILES string of the molecule is O=c1c(CN2CCCC2)ccc2n1C[C@H]1C[C@@H]2CN(Cc2ccc3c(c2)OCO3)C1. The second kappa shape index (κ2) is 7.43. The Morgan fingerprint density at radius 3 is 2.67 bits per heavy atom. The number of benzene rings is 1. The molecule has 158 valence electrons. The fourth-order valence-electron chi connectivity index (χ4n) is 5.82. The zero-order valence-corrected chi connectivity index (χ0v) is 17.4. The first-order chi connectivity index (χ1) is 14.7. The van der Waals surface area contributed by atoms with E-state index in [1.807, 2.05) is 6.07 Å². The lowest BCUT2D eigenvalue weighted by Gasteiger charge is -2.43. The molecular formula is C24H29N3O3. The van der Waals surface area contributed by atoms with Gasteiger partial charge in [-0.15, -0.1) is 0 Å². The van der Waals surface area contributed by atoms with Gasteiger partial charge < -0.3 is 14.0 Å². The highest BCUT2D eigenvalue weighted by Crippen LogP contribution is 2.37. The quantitative estimate of drug-likeness (QED) is 0.780. The summed E-state index contributed by atoms with van der Waals surface area (Å²) in [5, 5.41) is 0. The summed E-state index contributed by atoms with van der Waals surface area (Å²) < 4.78 is 13.1. The van der Waals surface area contributed by atoms with E-state index < -0.39 is 0 Å². The molecule has 0 spiro atoms. The molecule has 6 nitrogen and oxygen atoms in total. The van der Waals surface area contributed by atoms with Crippen molar-refractivity contribution < 1.29 is 9.47 Å². The van der Waals surface area contributed by atoms with Crippen molar-refractivity contribution in [3.8, 4) is 11.5 Å². The van der Waals surface area contributed by atoms with Gasteiger partial charge in [0.15, 0.2) is 11.5 Å². The van der Waals surface area contributed by atoms with Gasteiger partial charge in [-0.3, -0.25) is 14.6 Å². The summed E-state index contributed by atoms with van der Waals surface area (Å²) in [5.74, 6) is 2.68. The van der Waals surface area contributed by atoms with Gasteiger partial charge in [0.25, 0.3) is 5.56 Å². The van der Waals surface area contributed by atoms with Crippen molar-refractivity contribution in [1.29, 1.82) is 0 Å². The molecule has 2 aromatic rings. The van der Waals surface area contributed by atoms with Crippen molar-refractivity contribution in [1.82, 2.24) is 14.4 Å². The number of pyridine rings is 1. The fraction of sp³-hybridized carbons (Fsp3) is 0.542. The van der Waals surface area contributed by atoms with E-state index in [2.05, 4.69) is 38.6 Å². The van der Waals surface area contributed by atoms with E-state index in [1.165, 1.54) is 30.5 Å². The third-order valence-electron chi connectivity index (χ3n) is 7.19. The van der Waals surface area contributed by atoms with Crippen LogP contribution in [0.3, 0.4) is 0 Å². The van der Waals surface area contributed by atoms with E-state index in [0.717, 1.165) is 62.9 Å². The molecule has 4 aliphatic rings. The number of hydrogen-bond donors (Lipinski definition) is 0. The molecule has 0 saturated carbocycles. The maximum Gasteiger partial charge on any atom is 0.255 e. The lowest BCUT2D eigenvalue weighted by Crippen LogP contribution is -2.47. The molecule has 5 heterocycles. The monoisotopic (exact) mass is 407 g/mol. The Morgan fingerprint density at radius 2 is 1.77 bits per heavy atom. The number of hydrogen-bond acceptors (Lipinski definition) is 5. The molecule has 2 fully saturated rings. The number of fused-ring (bicyclic) bond motifs is 5. The maximum absolute atomic E-state index is 13.2. The van der Waals surface area contributed by atoms with Crippen LogP contribution in [-0.2, 0) is 19.6 Å². The summed E-state index contributed by atoms with van der Waals surface area (Å²) >= 11 is 0. The van der Waals surface area contributed by atoms with E-state index >= 15 is 0 Å². The van der Waals surface area contributed by atoms with E-state index in [0.29, 0.717) is 18.6 Å². The van der Waals surface area contributed by atoms with E-state index in [1.54, 1.807) is 0 Å². The third-order valence-corrected chi connectivity index (χ3v) is 7.19. The Hall–Kier alpha value is -2.31. The van der Waals surface area contributed by atoms with Crippen LogP contribution in [0.1, 0.15) is 42.0 Å². The molecule has 2 atom stereocenters. The van der Waals surface area contributed by atoms with Gasteiger partial charge in [0.2, 0.25) is 6.79 Å². The van der Waals surface area contributed by atoms with Crippen molar-refractivity contribution in [2.45, 2.75) is 44.8 Å². The average molecular weight is 408 g/mol. The molecule has 0 unspecified atom stereocenters. The zero-order valence-electron chi connectivity index (χ0n) is 17.4. The minimum Gasteiger partial charge on any atom is -0.454 e. The van der Waals surface area contributed by atoms with Gasteiger partial charge in [0.1, 0.15) is 0 Å². The van der Waals surface area contributed by atoms with Gasteiger partial charge in [0.05, 0.1) is 0 Å². The van der Waals surface area contributed by atoms with Crippen LogP contribution in [0.15, 0.2) is 35.1 Å². The Bertz CT molecular complexity index is 1010. The maximum atomic E-state index is 13.2. The number of ether oxygens (including phenoxy) is 2. The molecule has 6 rings (SSSR count). The number of aromatic nitrogens is 1. The van der Waals surface area contributed by atoms with E-state index in [-0.39, 0.29) is 5.56 Å². The van der Waals surface area contributed by atoms with Crippen LogP contribution >= 0.6 is 0 Å². The first kappa shape index (κ1) is 18.5. The number of rotatable bonds is 4. The fourth-order valence-corrected chi connectivity index (χ4v) is 5.82. The summed E-state index contributed by atoms with van der Waals surface area (Å²) in [5.41, 5.74) is 3.71. The lowest BCUT2D eigenvalue weighted by molar-refractivity contribution is 0.114. The smallest absolute Gasteiger partial charge is 0.255 e. The zero-order chi connectivity index (χ0) is 20.1. The highest BCUT2D eigenvalue weighted by Gasteiger charge is 2.35. The molecule has 0 aliphatic carbocycles. The Kier molecular flexibility index (Phi) is 4.57. The summed E-state index contributed by atoms with van der Waals surface area (Å²) in [7, 11) is 0. The predicted molar refractivity (Wildman–Crippen MR) is 114 cm³/mol. The highest BCUT2D eigenvalue weighted by atomic mass is 16.7. The van der Waals surface area contributed by atoms with Gasteiger partial charge in [-0.2, -0.15) is 0 Å². The van der Waals surface area contributed by atoms with Crippen LogP contribution in [-0.4, -0.2) is 47.3 Å². The Balaban J connectivity index is 1.20. The van der Waals surface area contributed by atoms with Gasteiger partial charge >= 0.3 is 0 Å². The highest BCUT2D eigenvalue weighted by molar-refractivity contribution is 5.44. The van der Waals surface area contributed by atoms with Crippen LogP contribution in [0.5, 0.6) is 11.5 Å². The van der Waals surface area contributed by atoms with E-state index in [4.69, 9.17) is 9.47 Å². The van der Waals surface area contributed by atoms with Crippen molar-refractivity contribution in [3.05, 3.63) is 57.5 Å². The standard InChI is InChI=1S/C24H29N3O3/c28-24-19(14-25-7-1-2-8-25)4-5-21-20-9-18(13-27(21)24)12-26(15-20)11-17-3-6-22-23(10-17)30-16-29-22/h3-6,10,18,20H,1-2,7-9,11-16H2/t18-,20+/m0/s1. The van der Waals surface area contributed by atoms with Gasteiger partial charge in [-0.1, -0.05) is 12.1 Å². The molecular weight excluding hydrogens is 378 g/mol. The molecule has 6 heteroatoms. The Morgan fingerprint density at radius 1 is 0.900 bits per heavy atom.